The van der Waals surface area contributed by atoms with E-state index >= 15 is 0 Å². The summed E-state index contributed by atoms with van der Waals surface area (Å²) in [7, 11) is 0. The molecule has 3 heteroatoms. The Morgan fingerprint density at radius 1 is 1.13 bits per heavy atom. The molecule has 0 aliphatic heterocycles. The predicted octanol–water partition coefficient (Wildman–Crippen LogP) is 6.10. The maximum absolute atomic E-state index is 12.7. The number of aliphatic carboxylic acids is 1. The van der Waals surface area contributed by atoms with Gasteiger partial charge in [-0.05, 0) is 84.0 Å². The standard InChI is InChI=1S/C28H28O3/c1-4-21(27(30)31)15-19-8-5-18(6-9-19)7-10-20-16-23(22-11-12-22)26-24(17-20)28(2,3)14-13-25(26)29/h5-6,8-9,15-17,22H,4,11-14H2,1-3H3,(H,30,31). The highest BCUT2D eigenvalue weighted by Crippen LogP contribution is 2.47. The molecule has 0 atom stereocenters. The van der Waals surface area contributed by atoms with E-state index in [4.69, 9.17) is 0 Å². The third-order valence-electron chi connectivity index (χ3n) is 6.43. The molecule has 0 amide bonds. The van der Waals surface area contributed by atoms with Gasteiger partial charge in [0.1, 0.15) is 0 Å². The van der Waals surface area contributed by atoms with Gasteiger partial charge in [0.25, 0.3) is 0 Å². The molecule has 0 radical (unpaired) electrons. The molecule has 158 valence electrons. The van der Waals surface area contributed by atoms with E-state index in [0.29, 0.717) is 24.3 Å². The number of benzene rings is 2. The van der Waals surface area contributed by atoms with Gasteiger partial charge < -0.3 is 5.11 Å². The number of carbonyl (C=O) groups excluding carboxylic acids is 1. The zero-order valence-corrected chi connectivity index (χ0v) is 18.4. The first-order chi connectivity index (χ1) is 14.8. The molecule has 2 aliphatic carbocycles. The molecule has 2 aliphatic rings. The van der Waals surface area contributed by atoms with Gasteiger partial charge in [0, 0.05) is 28.7 Å². The van der Waals surface area contributed by atoms with Crippen molar-refractivity contribution in [2.75, 3.05) is 0 Å². The first-order valence-electron chi connectivity index (χ1n) is 11.1. The average Bonchev–Trinajstić information content (AvgIpc) is 3.59. The normalized spacial score (nSPS) is 17.5. The summed E-state index contributed by atoms with van der Waals surface area (Å²) in [5.41, 5.74) is 6.38. The van der Waals surface area contributed by atoms with Crippen LogP contribution < -0.4 is 0 Å². The second kappa shape index (κ2) is 8.19. The second-order valence-electron chi connectivity index (χ2n) is 9.27. The van der Waals surface area contributed by atoms with E-state index in [9.17, 15) is 14.7 Å². The van der Waals surface area contributed by atoms with Crippen molar-refractivity contribution in [1.82, 2.24) is 0 Å². The van der Waals surface area contributed by atoms with E-state index in [2.05, 4.69) is 37.8 Å². The average molecular weight is 413 g/mol. The number of carbonyl (C=O) groups is 2. The van der Waals surface area contributed by atoms with Crippen LogP contribution in [0.4, 0.5) is 0 Å². The van der Waals surface area contributed by atoms with Gasteiger partial charge >= 0.3 is 5.97 Å². The SMILES string of the molecule is CCC(=Cc1ccc(C#Cc2cc(C3CC3)c3c(c2)C(C)(C)CCC3=O)cc1)C(=O)O. The number of carboxylic acid groups (broad SMARTS) is 1. The largest absolute Gasteiger partial charge is 0.478 e. The van der Waals surface area contributed by atoms with E-state index in [1.165, 1.54) is 5.56 Å². The highest BCUT2D eigenvalue weighted by molar-refractivity contribution is 6.01. The summed E-state index contributed by atoms with van der Waals surface area (Å²) in [6.45, 7) is 6.28. The third kappa shape index (κ3) is 4.49. The molecule has 0 heterocycles. The van der Waals surface area contributed by atoms with Gasteiger partial charge in [-0.2, -0.15) is 0 Å². The Kier molecular flexibility index (Phi) is 5.58. The first kappa shape index (κ1) is 21.1. The van der Waals surface area contributed by atoms with Crippen molar-refractivity contribution in [3.8, 4) is 11.8 Å². The van der Waals surface area contributed by atoms with Crippen LogP contribution in [0, 0.1) is 11.8 Å². The Morgan fingerprint density at radius 2 is 1.81 bits per heavy atom. The Labute approximate surface area is 184 Å². The van der Waals surface area contributed by atoms with Gasteiger partial charge in [-0.1, -0.05) is 44.7 Å². The summed E-state index contributed by atoms with van der Waals surface area (Å²) >= 11 is 0. The van der Waals surface area contributed by atoms with Crippen LogP contribution in [-0.2, 0) is 10.2 Å². The summed E-state index contributed by atoms with van der Waals surface area (Å²) in [5, 5.41) is 9.19. The highest BCUT2D eigenvalue weighted by Gasteiger charge is 2.37. The molecule has 31 heavy (non-hydrogen) atoms. The summed E-state index contributed by atoms with van der Waals surface area (Å²) < 4.78 is 0. The molecular weight excluding hydrogens is 384 g/mol. The fraction of sp³-hybridized carbons (Fsp3) is 0.357. The van der Waals surface area contributed by atoms with Gasteiger partial charge in [-0.3, -0.25) is 4.79 Å². The lowest BCUT2D eigenvalue weighted by Gasteiger charge is -2.33. The van der Waals surface area contributed by atoms with Crippen LogP contribution in [0.1, 0.15) is 97.0 Å². The fourth-order valence-corrected chi connectivity index (χ4v) is 4.31. The quantitative estimate of drug-likeness (QED) is 0.488. The summed E-state index contributed by atoms with van der Waals surface area (Å²) in [6.07, 6.45) is 6.00. The smallest absolute Gasteiger partial charge is 0.331 e. The van der Waals surface area contributed by atoms with E-state index in [1.54, 1.807) is 6.08 Å². The number of hydrogen-bond donors (Lipinski definition) is 1. The van der Waals surface area contributed by atoms with Crippen molar-refractivity contribution in [3.63, 3.8) is 0 Å². The minimum Gasteiger partial charge on any atom is -0.478 e. The number of Topliss-reactive ketones (excluding diaryl/α,β-unsaturated/α-hetero) is 1. The van der Waals surface area contributed by atoms with Crippen molar-refractivity contribution in [1.29, 1.82) is 0 Å². The minimum absolute atomic E-state index is 0.0142. The fourth-order valence-electron chi connectivity index (χ4n) is 4.31. The summed E-state index contributed by atoms with van der Waals surface area (Å²) in [5.74, 6) is 6.45. The highest BCUT2D eigenvalue weighted by atomic mass is 16.4. The Bertz CT molecular complexity index is 1130. The molecule has 0 bridgehead atoms. The monoisotopic (exact) mass is 412 g/mol. The van der Waals surface area contributed by atoms with Crippen LogP contribution in [0.3, 0.4) is 0 Å². The van der Waals surface area contributed by atoms with Gasteiger partial charge in [0.2, 0.25) is 0 Å². The maximum atomic E-state index is 12.7. The molecule has 1 N–H and O–H groups in total. The van der Waals surface area contributed by atoms with E-state index in [1.807, 2.05) is 31.2 Å². The molecule has 2 aromatic rings. The van der Waals surface area contributed by atoms with Crippen LogP contribution in [-0.4, -0.2) is 16.9 Å². The van der Waals surface area contributed by atoms with Crippen LogP contribution in [0.5, 0.6) is 0 Å². The molecule has 0 aromatic heterocycles. The Morgan fingerprint density at radius 3 is 2.42 bits per heavy atom. The molecule has 0 unspecified atom stereocenters. The molecule has 2 aromatic carbocycles. The zero-order chi connectivity index (χ0) is 22.2. The molecular formula is C28H28O3. The van der Waals surface area contributed by atoms with Crippen molar-refractivity contribution in [3.05, 3.63) is 75.4 Å². The van der Waals surface area contributed by atoms with Crippen LogP contribution in [0.2, 0.25) is 0 Å². The molecule has 3 nitrogen and oxygen atoms in total. The molecule has 1 fully saturated rings. The number of hydrogen-bond acceptors (Lipinski definition) is 2. The zero-order valence-electron chi connectivity index (χ0n) is 18.4. The van der Waals surface area contributed by atoms with E-state index in [0.717, 1.165) is 47.1 Å². The lowest BCUT2D eigenvalue weighted by atomic mass is 9.70. The Balaban J connectivity index is 1.66. The molecule has 0 saturated heterocycles. The molecule has 1 saturated carbocycles. The van der Waals surface area contributed by atoms with Crippen molar-refractivity contribution in [2.24, 2.45) is 0 Å². The van der Waals surface area contributed by atoms with E-state index < -0.39 is 5.97 Å². The van der Waals surface area contributed by atoms with Crippen molar-refractivity contribution >= 4 is 17.8 Å². The molecule has 0 spiro atoms. The summed E-state index contributed by atoms with van der Waals surface area (Å²) in [6, 6.07) is 11.9. The maximum Gasteiger partial charge on any atom is 0.331 e. The van der Waals surface area contributed by atoms with Crippen molar-refractivity contribution < 1.29 is 14.7 Å². The van der Waals surface area contributed by atoms with Crippen LogP contribution >= 0.6 is 0 Å². The topological polar surface area (TPSA) is 54.4 Å². The van der Waals surface area contributed by atoms with Gasteiger partial charge in [-0.25, -0.2) is 4.79 Å². The van der Waals surface area contributed by atoms with Gasteiger partial charge in [0.05, 0.1) is 0 Å². The lowest BCUT2D eigenvalue weighted by molar-refractivity contribution is -0.132. The van der Waals surface area contributed by atoms with Gasteiger partial charge in [-0.15, -0.1) is 0 Å². The van der Waals surface area contributed by atoms with Crippen molar-refractivity contribution in [2.45, 2.75) is 64.2 Å². The number of rotatable bonds is 4. The first-order valence-corrected chi connectivity index (χ1v) is 11.1. The third-order valence-corrected chi connectivity index (χ3v) is 6.43. The van der Waals surface area contributed by atoms with Gasteiger partial charge in [0.15, 0.2) is 5.78 Å². The minimum atomic E-state index is -0.883. The summed E-state index contributed by atoms with van der Waals surface area (Å²) in [4.78, 5) is 23.9. The number of ketones is 1. The number of carboxylic acids is 1. The number of fused-ring (bicyclic) bond motifs is 1. The second-order valence-corrected chi connectivity index (χ2v) is 9.27. The van der Waals surface area contributed by atoms with Crippen LogP contribution in [0.15, 0.2) is 42.0 Å². The predicted molar refractivity (Wildman–Crippen MR) is 123 cm³/mol. The van der Waals surface area contributed by atoms with Crippen LogP contribution in [0.25, 0.3) is 6.08 Å². The van der Waals surface area contributed by atoms with E-state index in [-0.39, 0.29) is 11.2 Å². The Hall–Kier alpha value is -3.12. The lowest BCUT2D eigenvalue weighted by Crippen LogP contribution is -2.28. The molecule has 4 rings (SSSR count).